The number of nitrogens with zero attached hydrogens (tertiary/aromatic N) is 1. The van der Waals surface area contributed by atoms with E-state index in [2.05, 4.69) is 10.6 Å². The molecule has 3 N–H and O–H groups in total. The molecule has 3 heterocycles. The number of rotatable bonds is 10. The summed E-state index contributed by atoms with van der Waals surface area (Å²) < 4.78 is 17.4. The van der Waals surface area contributed by atoms with Crippen molar-refractivity contribution in [3.05, 3.63) is 48.5 Å². The van der Waals surface area contributed by atoms with E-state index < -0.39 is 41.0 Å². The van der Waals surface area contributed by atoms with Crippen molar-refractivity contribution >= 4 is 29.1 Å². The molecule has 0 aliphatic carbocycles. The number of ether oxygens (including phenoxy) is 3. The van der Waals surface area contributed by atoms with E-state index in [0.29, 0.717) is 48.7 Å². The van der Waals surface area contributed by atoms with Gasteiger partial charge in [-0.3, -0.25) is 14.4 Å². The van der Waals surface area contributed by atoms with Crippen LogP contribution >= 0.6 is 0 Å². The summed E-state index contributed by atoms with van der Waals surface area (Å²) in [4.78, 5) is 43.3. The van der Waals surface area contributed by atoms with Crippen LogP contribution in [0, 0.1) is 11.8 Å². The third kappa shape index (κ3) is 4.39. The quantitative estimate of drug-likeness (QED) is 0.414. The summed E-state index contributed by atoms with van der Waals surface area (Å²) in [6, 6.07) is 12.3. The Labute approximate surface area is 234 Å². The van der Waals surface area contributed by atoms with Crippen LogP contribution in [0.1, 0.15) is 40.0 Å². The van der Waals surface area contributed by atoms with Gasteiger partial charge in [0.2, 0.25) is 17.7 Å². The number of benzene rings is 2. The lowest BCUT2D eigenvalue weighted by molar-refractivity contribution is -0.147. The minimum Gasteiger partial charge on any atom is -0.497 e. The second-order valence-corrected chi connectivity index (χ2v) is 10.8. The second-order valence-electron chi connectivity index (χ2n) is 10.8. The largest absolute Gasteiger partial charge is 0.497 e. The molecule has 3 amide bonds. The first-order valence-electron chi connectivity index (χ1n) is 13.9. The zero-order valence-electron chi connectivity index (χ0n) is 23.3. The zero-order chi connectivity index (χ0) is 28.7. The molecule has 0 saturated carbocycles. The minimum absolute atomic E-state index is 0.321. The summed E-state index contributed by atoms with van der Waals surface area (Å²) in [7, 11) is 1.56. The van der Waals surface area contributed by atoms with Gasteiger partial charge in [0.15, 0.2) is 0 Å². The number of methoxy groups -OCH3 is 1. The fourth-order valence-corrected chi connectivity index (χ4v) is 6.82. The molecule has 3 aliphatic rings. The highest BCUT2D eigenvalue weighted by molar-refractivity contribution is 6.05. The summed E-state index contributed by atoms with van der Waals surface area (Å²) in [5, 5.41) is 15.9. The zero-order valence-corrected chi connectivity index (χ0v) is 23.3. The molecule has 3 saturated heterocycles. The van der Waals surface area contributed by atoms with E-state index >= 15 is 0 Å². The van der Waals surface area contributed by atoms with Crippen molar-refractivity contribution in [1.29, 1.82) is 0 Å². The standard InChI is InChI=1S/C30H37N3O7/c1-5-29-15-16-30(40-29)24(23(29)26(35)31-19-9-13-22(14-10-19)39-6-2)28(37)33(18(3)17-34)25(30)27(36)32-20-7-11-21(38-4)12-8-20/h7-14,18,23-25,34H,5-6,15-17H2,1-4H3,(H,31,35)(H,32,36)/t18-,23-,24+,25?,29+,30?/m1/s1. The maximum atomic E-state index is 14.1. The van der Waals surface area contributed by atoms with Gasteiger partial charge >= 0.3 is 0 Å². The van der Waals surface area contributed by atoms with E-state index in [1.54, 1.807) is 62.6 Å². The number of aliphatic hydroxyl groups excluding tert-OH is 1. The van der Waals surface area contributed by atoms with Crippen molar-refractivity contribution in [2.75, 3.05) is 31.0 Å². The number of amides is 3. The Kier molecular flexibility index (Phi) is 7.50. The molecule has 10 heteroatoms. The summed E-state index contributed by atoms with van der Waals surface area (Å²) in [5.74, 6) is -1.40. The Bertz CT molecular complexity index is 1270. The number of aliphatic hydroxyl groups is 1. The number of carbonyl (C=O) groups excluding carboxylic acids is 3. The molecule has 0 radical (unpaired) electrons. The summed E-state index contributed by atoms with van der Waals surface area (Å²) in [5.41, 5.74) is -0.940. The second kappa shape index (κ2) is 10.7. The monoisotopic (exact) mass is 551 g/mol. The van der Waals surface area contributed by atoms with E-state index in [0.717, 1.165) is 0 Å². The molecule has 2 aromatic rings. The topological polar surface area (TPSA) is 126 Å². The molecule has 5 rings (SSSR count). The SMILES string of the molecule is CCOc1ccc(NC(=O)[C@H]2[C@H]3C(=O)N([C@H](C)CO)C(C(=O)Nc4ccc(OC)cc4)C34CC[C@]2(CC)O4)cc1. The predicted octanol–water partition coefficient (Wildman–Crippen LogP) is 3.21. The van der Waals surface area contributed by atoms with Crippen molar-refractivity contribution in [2.45, 2.75) is 63.3 Å². The van der Waals surface area contributed by atoms with Crippen LogP contribution in [0.2, 0.25) is 0 Å². The fourth-order valence-electron chi connectivity index (χ4n) is 6.82. The minimum atomic E-state index is -1.19. The van der Waals surface area contributed by atoms with Gasteiger partial charge in [-0.1, -0.05) is 6.92 Å². The van der Waals surface area contributed by atoms with Crippen molar-refractivity contribution < 1.29 is 33.7 Å². The lowest BCUT2D eigenvalue weighted by atomic mass is 9.65. The van der Waals surface area contributed by atoms with Crippen molar-refractivity contribution in [1.82, 2.24) is 4.90 Å². The first kappa shape index (κ1) is 27.9. The Balaban J connectivity index is 1.48. The maximum absolute atomic E-state index is 14.1. The first-order valence-corrected chi connectivity index (χ1v) is 13.9. The average molecular weight is 552 g/mol. The molecule has 40 heavy (non-hydrogen) atoms. The van der Waals surface area contributed by atoms with Gasteiger partial charge in [0.1, 0.15) is 23.1 Å². The molecule has 0 aromatic heterocycles. The number of nitrogens with one attached hydrogen (secondary N) is 2. The Morgan fingerprint density at radius 1 is 1.02 bits per heavy atom. The highest BCUT2D eigenvalue weighted by atomic mass is 16.5. The number of hydrogen-bond donors (Lipinski definition) is 3. The molecule has 3 aliphatic heterocycles. The molecule has 2 unspecified atom stereocenters. The summed E-state index contributed by atoms with van der Waals surface area (Å²) in [6.45, 7) is 5.74. The first-order chi connectivity index (χ1) is 19.2. The third-order valence-electron chi connectivity index (χ3n) is 8.68. The summed E-state index contributed by atoms with van der Waals surface area (Å²) >= 11 is 0. The van der Waals surface area contributed by atoms with E-state index in [1.807, 2.05) is 13.8 Å². The molecule has 2 aromatic carbocycles. The molecule has 2 bridgehead atoms. The van der Waals surface area contributed by atoms with Gasteiger partial charge < -0.3 is 34.9 Å². The van der Waals surface area contributed by atoms with E-state index in [1.165, 1.54) is 4.90 Å². The molecular weight excluding hydrogens is 514 g/mol. The number of carbonyl (C=O) groups is 3. The molecule has 3 fully saturated rings. The van der Waals surface area contributed by atoms with Gasteiger partial charge in [-0.15, -0.1) is 0 Å². The van der Waals surface area contributed by atoms with E-state index in [9.17, 15) is 19.5 Å². The fraction of sp³-hybridized carbons (Fsp3) is 0.500. The lowest BCUT2D eigenvalue weighted by Crippen LogP contribution is -2.55. The van der Waals surface area contributed by atoms with Gasteiger partial charge in [-0.2, -0.15) is 0 Å². The maximum Gasteiger partial charge on any atom is 0.250 e. The van der Waals surface area contributed by atoms with Gasteiger partial charge in [-0.05, 0) is 81.6 Å². The van der Waals surface area contributed by atoms with Crippen molar-refractivity contribution in [3.63, 3.8) is 0 Å². The van der Waals surface area contributed by atoms with Crippen LogP contribution in [-0.4, -0.2) is 71.3 Å². The molecule has 6 atom stereocenters. The van der Waals surface area contributed by atoms with E-state index in [4.69, 9.17) is 14.2 Å². The molecule has 214 valence electrons. The normalized spacial score (nSPS) is 29.2. The smallest absolute Gasteiger partial charge is 0.250 e. The number of likely N-dealkylation sites (tertiary alicyclic amines) is 1. The lowest BCUT2D eigenvalue weighted by Gasteiger charge is -2.36. The van der Waals surface area contributed by atoms with Crippen LogP contribution in [-0.2, 0) is 19.1 Å². The number of anilines is 2. The van der Waals surface area contributed by atoms with Gasteiger partial charge in [-0.25, -0.2) is 0 Å². The van der Waals surface area contributed by atoms with Crippen LogP contribution in [0.25, 0.3) is 0 Å². The van der Waals surface area contributed by atoms with Crippen LogP contribution in [0.15, 0.2) is 48.5 Å². The highest BCUT2D eigenvalue weighted by Gasteiger charge is 2.79. The third-order valence-corrected chi connectivity index (χ3v) is 8.68. The average Bonchev–Trinajstić information content (AvgIpc) is 3.57. The van der Waals surface area contributed by atoms with Gasteiger partial charge in [0, 0.05) is 11.4 Å². The Hall–Kier alpha value is -3.63. The highest BCUT2D eigenvalue weighted by Crippen LogP contribution is 2.64. The predicted molar refractivity (Wildman–Crippen MR) is 148 cm³/mol. The molecule has 1 spiro atoms. The van der Waals surface area contributed by atoms with Crippen LogP contribution in [0.3, 0.4) is 0 Å². The molecule has 10 nitrogen and oxygen atoms in total. The van der Waals surface area contributed by atoms with Crippen molar-refractivity contribution in [3.8, 4) is 11.5 Å². The number of hydrogen-bond acceptors (Lipinski definition) is 7. The van der Waals surface area contributed by atoms with Crippen LogP contribution in [0.5, 0.6) is 11.5 Å². The van der Waals surface area contributed by atoms with E-state index in [-0.39, 0.29) is 18.4 Å². The van der Waals surface area contributed by atoms with Gasteiger partial charge in [0.25, 0.3) is 0 Å². The Morgan fingerprint density at radius 2 is 1.62 bits per heavy atom. The van der Waals surface area contributed by atoms with Crippen molar-refractivity contribution in [2.24, 2.45) is 11.8 Å². The van der Waals surface area contributed by atoms with Crippen LogP contribution < -0.4 is 20.1 Å². The molecular formula is C30H37N3O7. The van der Waals surface area contributed by atoms with Gasteiger partial charge in [0.05, 0.1) is 43.8 Å². The Morgan fingerprint density at radius 3 is 2.17 bits per heavy atom. The summed E-state index contributed by atoms with van der Waals surface area (Å²) in [6.07, 6.45) is 1.52. The number of fused-ring (bicyclic) bond motifs is 1. The van der Waals surface area contributed by atoms with Crippen LogP contribution in [0.4, 0.5) is 11.4 Å².